The number of nitrogens with zero attached hydrogens (tertiary/aromatic N) is 6. The second-order valence-electron chi connectivity index (χ2n) is 21.7. The van der Waals surface area contributed by atoms with Crippen LogP contribution >= 0.6 is 34.8 Å². The predicted octanol–water partition coefficient (Wildman–Crippen LogP) is 12.7. The molecule has 23 heteroatoms. The zero-order valence-electron chi connectivity index (χ0n) is 45.6. The Morgan fingerprint density at radius 2 is 0.926 bits per heavy atom. The molecule has 0 saturated heterocycles. The number of amides is 2. The molecule has 2 fully saturated rings. The van der Waals surface area contributed by atoms with E-state index in [1.54, 1.807) is 91.1 Å². The number of hydrogen-bond donors (Lipinski definition) is 4. The average molecular weight is 1200 g/mol. The third-order valence-corrected chi connectivity index (χ3v) is 17.3. The van der Waals surface area contributed by atoms with Gasteiger partial charge in [0.05, 0.1) is 54.7 Å². The summed E-state index contributed by atoms with van der Waals surface area (Å²) in [5, 5.41) is 11.3. The van der Waals surface area contributed by atoms with E-state index < -0.39 is 37.3 Å². The van der Waals surface area contributed by atoms with Crippen molar-refractivity contribution in [2.24, 2.45) is 5.73 Å². The Bertz CT molecular complexity index is 3730. The summed E-state index contributed by atoms with van der Waals surface area (Å²) in [5.74, 6) is 0.408. The Balaban J connectivity index is 0.000000179. The third kappa shape index (κ3) is 15.4. The molecule has 428 valence electrons. The quantitative estimate of drug-likeness (QED) is 0.0931. The molecule has 2 aliphatic carbocycles. The number of carbonyl (C=O) groups excluding carboxylic acids is 2. The highest BCUT2D eigenvalue weighted by Crippen LogP contribution is 2.38. The van der Waals surface area contributed by atoms with Gasteiger partial charge in [0.2, 0.25) is 11.2 Å². The topological polar surface area (TPSA) is 244 Å². The molecule has 4 heterocycles. The summed E-state index contributed by atoms with van der Waals surface area (Å²) < 4.78 is 66.3. The second-order valence-corrected chi connectivity index (χ2v) is 26.5. The van der Waals surface area contributed by atoms with Gasteiger partial charge in [0.1, 0.15) is 11.2 Å². The molecule has 8 aromatic rings. The van der Waals surface area contributed by atoms with E-state index >= 15 is 0 Å². The van der Waals surface area contributed by atoms with Gasteiger partial charge in [0.15, 0.2) is 0 Å². The Kier molecular flexibility index (Phi) is 19.0. The molecule has 2 saturated carbocycles. The maximum absolute atomic E-state index is 13.5. The molecule has 10 rings (SSSR count). The summed E-state index contributed by atoms with van der Waals surface area (Å²) in [4.78, 5) is 41.1. The van der Waals surface area contributed by atoms with Gasteiger partial charge in [-0.25, -0.2) is 54.3 Å². The molecule has 0 spiro atoms. The van der Waals surface area contributed by atoms with Gasteiger partial charge in [-0.2, -0.15) is 0 Å². The molecular weight excluding hydrogens is 1140 g/mol. The predicted molar refractivity (Wildman–Crippen MR) is 318 cm³/mol. The first kappa shape index (κ1) is 60.3. The largest absolute Gasteiger partial charge is 0.444 e. The second kappa shape index (κ2) is 25.5. The number of aromatic nitrogens is 6. The molecule has 0 atom stereocenters. The molecule has 4 aromatic heterocycles. The average Bonchev–Trinajstić information content (AvgIpc) is 3.88. The van der Waals surface area contributed by atoms with E-state index in [0.717, 1.165) is 51.4 Å². The van der Waals surface area contributed by atoms with E-state index in [2.05, 4.69) is 30.9 Å². The number of benzene rings is 4. The molecule has 0 radical (unpaired) electrons. The van der Waals surface area contributed by atoms with Gasteiger partial charge in [-0.3, -0.25) is 0 Å². The summed E-state index contributed by atoms with van der Waals surface area (Å²) >= 11 is 18.7. The standard InChI is InChI=1S/C29H32ClN5O4S.C18H11Cl2N3O2S.C11H22N2O2/c1-29(2,3)39-28(36)33-20-15-13-19(14-16-20)32-27-31-17-24(30)26(34-27)23-18-35(25-12-8-7-11-22(23)25)40(37,38)21-9-5-4-6-10-21;19-15-10-21-18(20)22-17(15)14-11-23(16-9-5-4-8-13(14)16)26(24,25)12-6-2-1-3-7-12;1-11(2,3)15-10(14)13-9-6-4-8(12)5-7-9/h4-12,17-20H,13-16H2,1-3H3,(H,33,36)(H,31,32,34);1-11H;8-9H,4-7,12H2,1-3H3,(H,13,14). The van der Waals surface area contributed by atoms with E-state index in [1.165, 1.54) is 26.5 Å². The summed E-state index contributed by atoms with van der Waals surface area (Å²) in [5.41, 5.74) is 7.86. The smallest absolute Gasteiger partial charge is 0.407 e. The number of anilines is 1. The monoisotopic (exact) mass is 1200 g/mol. The van der Waals surface area contributed by atoms with Crippen LogP contribution in [0.15, 0.2) is 144 Å². The number of nitrogens with two attached hydrogens (primary N) is 1. The van der Waals surface area contributed by atoms with Crippen LogP contribution in [0.2, 0.25) is 15.3 Å². The number of halogens is 3. The van der Waals surface area contributed by atoms with Crippen LogP contribution in [0.1, 0.15) is 92.9 Å². The lowest BCUT2D eigenvalue weighted by Gasteiger charge is -2.30. The maximum Gasteiger partial charge on any atom is 0.407 e. The molecule has 4 aromatic carbocycles. The number of ether oxygens (including phenoxy) is 2. The van der Waals surface area contributed by atoms with Gasteiger partial charge < -0.3 is 31.2 Å². The number of nitrogens with one attached hydrogen (secondary N) is 3. The van der Waals surface area contributed by atoms with Crippen molar-refractivity contribution in [3.05, 3.63) is 149 Å². The van der Waals surface area contributed by atoms with Gasteiger partial charge in [0.25, 0.3) is 20.0 Å². The van der Waals surface area contributed by atoms with Crippen LogP contribution in [0.3, 0.4) is 0 Å². The normalized spacial score (nSPS) is 17.7. The van der Waals surface area contributed by atoms with Gasteiger partial charge >= 0.3 is 12.2 Å². The number of para-hydroxylation sites is 2. The fraction of sp³-hybridized carbons (Fsp3) is 0.345. The summed E-state index contributed by atoms with van der Waals surface area (Å²) in [6, 6.07) is 31.7. The van der Waals surface area contributed by atoms with Gasteiger partial charge in [-0.15, -0.1) is 0 Å². The van der Waals surface area contributed by atoms with Crippen molar-refractivity contribution in [2.75, 3.05) is 5.32 Å². The van der Waals surface area contributed by atoms with Crippen molar-refractivity contribution in [3.63, 3.8) is 0 Å². The summed E-state index contributed by atoms with van der Waals surface area (Å²) in [6.07, 6.45) is 12.4. The van der Waals surface area contributed by atoms with Crippen molar-refractivity contribution in [1.82, 2.24) is 38.5 Å². The van der Waals surface area contributed by atoms with Crippen LogP contribution in [0.25, 0.3) is 44.3 Å². The van der Waals surface area contributed by atoms with Crippen LogP contribution in [0, 0.1) is 0 Å². The van der Waals surface area contributed by atoms with E-state index in [4.69, 9.17) is 55.0 Å². The first-order valence-electron chi connectivity index (χ1n) is 26.4. The van der Waals surface area contributed by atoms with Crippen LogP contribution in [-0.4, -0.2) is 92.3 Å². The van der Waals surface area contributed by atoms with Crippen molar-refractivity contribution >= 4 is 94.8 Å². The molecule has 2 aliphatic rings. The van der Waals surface area contributed by atoms with Gasteiger partial charge in [-0.1, -0.05) is 96.0 Å². The molecule has 0 aliphatic heterocycles. The van der Waals surface area contributed by atoms with Crippen molar-refractivity contribution in [2.45, 2.75) is 138 Å². The molecular formula is C58H65Cl3N10O8S2. The van der Waals surface area contributed by atoms with E-state index in [0.29, 0.717) is 61.3 Å². The highest BCUT2D eigenvalue weighted by molar-refractivity contribution is 7.90. The molecule has 0 bridgehead atoms. The Hall–Kier alpha value is -6.81. The number of hydrogen-bond acceptors (Lipinski definition) is 14. The van der Waals surface area contributed by atoms with Crippen molar-refractivity contribution in [3.8, 4) is 22.5 Å². The summed E-state index contributed by atoms with van der Waals surface area (Å²) in [6.45, 7) is 11.1. The zero-order valence-corrected chi connectivity index (χ0v) is 49.5. The third-order valence-electron chi connectivity index (χ3n) is 13.2. The van der Waals surface area contributed by atoms with E-state index in [9.17, 15) is 26.4 Å². The number of carbonyl (C=O) groups is 2. The lowest BCUT2D eigenvalue weighted by molar-refractivity contribution is 0.0480. The number of fused-ring (bicyclic) bond motifs is 2. The molecule has 5 N–H and O–H groups in total. The minimum absolute atomic E-state index is 0.0344. The highest BCUT2D eigenvalue weighted by Gasteiger charge is 2.29. The highest BCUT2D eigenvalue weighted by atomic mass is 35.5. The van der Waals surface area contributed by atoms with Gasteiger partial charge in [-0.05, 0) is 141 Å². The molecule has 2 amide bonds. The lowest BCUT2D eigenvalue weighted by Crippen LogP contribution is -2.42. The fourth-order valence-electron chi connectivity index (χ4n) is 9.42. The number of alkyl carbamates (subject to hydrolysis) is 2. The lowest BCUT2D eigenvalue weighted by atomic mass is 9.91. The van der Waals surface area contributed by atoms with Gasteiger partial charge in [0, 0.05) is 58.5 Å². The first-order chi connectivity index (χ1) is 38.4. The van der Waals surface area contributed by atoms with Crippen LogP contribution in [0.4, 0.5) is 15.5 Å². The van der Waals surface area contributed by atoms with Crippen molar-refractivity contribution in [1.29, 1.82) is 0 Å². The molecule has 18 nitrogen and oxygen atoms in total. The SMILES string of the molecule is CC(C)(C)OC(=O)NC1CCC(N)CC1.CC(C)(C)OC(=O)NC1CCC(Nc2ncc(Cl)c(-c3cn(S(=O)(=O)c4ccccc4)c4ccccc34)n2)CC1.O=S(=O)(c1ccccc1)n1cc(-c2nc(Cl)ncc2Cl)c2ccccc21. The molecule has 0 unspecified atom stereocenters. The Morgan fingerprint density at radius 1 is 0.543 bits per heavy atom. The maximum atomic E-state index is 13.5. The number of rotatable bonds is 10. The summed E-state index contributed by atoms with van der Waals surface area (Å²) in [7, 11) is -7.63. The van der Waals surface area contributed by atoms with Crippen LogP contribution < -0.4 is 21.7 Å². The van der Waals surface area contributed by atoms with Crippen LogP contribution in [-0.2, 0) is 29.5 Å². The van der Waals surface area contributed by atoms with Crippen molar-refractivity contribution < 1.29 is 35.9 Å². The molecule has 81 heavy (non-hydrogen) atoms. The van der Waals surface area contributed by atoms with Crippen LogP contribution in [0.5, 0.6) is 0 Å². The van der Waals surface area contributed by atoms with E-state index in [-0.39, 0.29) is 44.3 Å². The fourth-order valence-corrected chi connectivity index (χ4v) is 12.7. The minimum atomic E-state index is -3.85. The minimum Gasteiger partial charge on any atom is -0.444 e. The Labute approximate surface area is 487 Å². The zero-order chi connectivity index (χ0) is 58.3. The first-order valence-corrected chi connectivity index (χ1v) is 30.4. The van der Waals surface area contributed by atoms with E-state index in [1.807, 2.05) is 65.8 Å². The Morgan fingerprint density at radius 3 is 1.37 bits per heavy atom.